The number of aromatic nitrogens is 1. The average Bonchev–Trinajstić information content (AvgIpc) is 2.60. The molecule has 0 bridgehead atoms. The second kappa shape index (κ2) is 6.36. The molecule has 1 aliphatic heterocycles. The summed E-state index contributed by atoms with van der Waals surface area (Å²) in [5.74, 6) is 1.83. The highest BCUT2D eigenvalue weighted by Gasteiger charge is 2.31. The summed E-state index contributed by atoms with van der Waals surface area (Å²) in [5, 5.41) is 3.73. The Kier molecular flexibility index (Phi) is 4.29. The summed E-state index contributed by atoms with van der Waals surface area (Å²) in [6.07, 6.45) is 5.73. The van der Waals surface area contributed by atoms with E-state index in [1.165, 1.54) is 11.1 Å². The second-order valence-corrected chi connectivity index (χ2v) is 5.56. The maximum absolute atomic E-state index is 5.62. The lowest BCUT2D eigenvalue weighted by atomic mass is 9.85. The van der Waals surface area contributed by atoms with E-state index in [1.807, 2.05) is 24.4 Å². The Morgan fingerprint density at radius 1 is 1.18 bits per heavy atom. The lowest BCUT2D eigenvalue weighted by molar-refractivity contribution is 0.360. The van der Waals surface area contributed by atoms with Gasteiger partial charge in [0.2, 0.25) is 0 Å². The minimum Gasteiger partial charge on any atom is -0.496 e. The third-order valence-corrected chi connectivity index (χ3v) is 4.37. The summed E-state index contributed by atoms with van der Waals surface area (Å²) in [6.45, 7) is 2.20. The van der Waals surface area contributed by atoms with Gasteiger partial charge in [0.15, 0.2) is 0 Å². The molecule has 0 aliphatic carbocycles. The van der Waals surface area contributed by atoms with Crippen LogP contribution in [0.1, 0.15) is 36.1 Å². The van der Waals surface area contributed by atoms with Crippen LogP contribution in [0.5, 0.6) is 11.5 Å². The van der Waals surface area contributed by atoms with Crippen LogP contribution in [0.2, 0.25) is 0 Å². The maximum Gasteiger partial charge on any atom is 0.124 e. The average molecular weight is 298 g/mol. The van der Waals surface area contributed by atoms with Gasteiger partial charge in [-0.2, -0.15) is 0 Å². The predicted octanol–water partition coefficient (Wildman–Crippen LogP) is 3.11. The summed E-state index contributed by atoms with van der Waals surface area (Å²) in [5.41, 5.74) is 3.55. The Labute approximate surface area is 131 Å². The number of hydrogen-bond acceptors (Lipinski definition) is 4. The minimum atomic E-state index is 0.0763. The Bertz CT molecular complexity index is 643. The first-order valence-electron chi connectivity index (χ1n) is 7.68. The maximum atomic E-state index is 5.62. The van der Waals surface area contributed by atoms with Crippen LogP contribution in [-0.2, 0) is 6.42 Å². The molecular formula is C18H22N2O2. The van der Waals surface area contributed by atoms with Gasteiger partial charge in [-0.05, 0) is 36.6 Å². The van der Waals surface area contributed by atoms with E-state index in [0.717, 1.165) is 29.9 Å². The Morgan fingerprint density at radius 3 is 2.59 bits per heavy atom. The number of hydrogen-bond donors (Lipinski definition) is 1. The molecule has 1 aromatic carbocycles. The molecule has 2 heterocycles. The molecule has 2 unspecified atom stereocenters. The topological polar surface area (TPSA) is 43.4 Å². The van der Waals surface area contributed by atoms with Crippen LogP contribution < -0.4 is 14.8 Å². The van der Waals surface area contributed by atoms with Crippen molar-refractivity contribution in [1.29, 1.82) is 0 Å². The molecule has 0 fully saturated rings. The number of nitrogens with one attached hydrogen (secondary N) is 1. The van der Waals surface area contributed by atoms with Crippen molar-refractivity contribution in [3.63, 3.8) is 0 Å². The lowest BCUT2D eigenvalue weighted by Crippen LogP contribution is -2.40. The van der Waals surface area contributed by atoms with E-state index in [1.54, 1.807) is 20.4 Å². The highest BCUT2D eigenvalue weighted by molar-refractivity contribution is 5.54. The molecule has 0 saturated carbocycles. The monoisotopic (exact) mass is 298 g/mol. The van der Waals surface area contributed by atoms with Crippen molar-refractivity contribution < 1.29 is 9.47 Å². The molecule has 1 aliphatic rings. The number of fused-ring (bicyclic) bond motifs is 1. The molecule has 2 atom stereocenters. The molecule has 4 heteroatoms. The highest BCUT2D eigenvalue weighted by Crippen LogP contribution is 2.41. The van der Waals surface area contributed by atoms with Gasteiger partial charge < -0.3 is 14.8 Å². The fourth-order valence-electron chi connectivity index (χ4n) is 3.22. The van der Waals surface area contributed by atoms with E-state index in [9.17, 15) is 0 Å². The van der Waals surface area contributed by atoms with Crippen LogP contribution in [0.4, 0.5) is 0 Å². The molecule has 0 saturated heterocycles. The van der Waals surface area contributed by atoms with Gasteiger partial charge >= 0.3 is 0 Å². The number of rotatable bonds is 4. The van der Waals surface area contributed by atoms with Crippen LogP contribution in [0.3, 0.4) is 0 Å². The first kappa shape index (κ1) is 14.9. The molecule has 2 aromatic rings. The zero-order valence-corrected chi connectivity index (χ0v) is 13.3. The summed E-state index contributed by atoms with van der Waals surface area (Å²) in [7, 11) is 3.44. The van der Waals surface area contributed by atoms with Crippen LogP contribution in [0, 0.1) is 0 Å². The summed E-state index contributed by atoms with van der Waals surface area (Å²) < 4.78 is 11.2. The molecule has 4 nitrogen and oxygen atoms in total. The minimum absolute atomic E-state index is 0.0763. The number of nitrogens with zero attached hydrogens (tertiary/aromatic N) is 1. The van der Waals surface area contributed by atoms with Crippen LogP contribution in [0.15, 0.2) is 36.7 Å². The van der Waals surface area contributed by atoms with E-state index in [0.29, 0.717) is 6.04 Å². The molecular weight excluding hydrogens is 276 g/mol. The Morgan fingerprint density at radius 2 is 1.95 bits per heavy atom. The van der Waals surface area contributed by atoms with Gasteiger partial charge in [-0.1, -0.05) is 13.0 Å². The van der Waals surface area contributed by atoms with E-state index in [-0.39, 0.29) is 6.04 Å². The third kappa shape index (κ3) is 2.55. The van der Waals surface area contributed by atoms with E-state index in [4.69, 9.17) is 9.47 Å². The normalized spacial score (nSPS) is 20.3. The van der Waals surface area contributed by atoms with Gasteiger partial charge in [0.05, 0.1) is 20.3 Å². The molecule has 1 N–H and O–H groups in total. The van der Waals surface area contributed by atoms with Crippen molar-refractivity contribution in [1.82, 2.24) is 10.3 Å². The van der Waals surface area contributed by atoms with E-state index < -0.39 is 0 Å². The quantitative estimate of drug-likeness (QED) is 0.942. The Hall–Kier alpha value is -2.07. The zero-order valence-electron chi connectivity index (χ0n) is 13.3. The second-order valence-electron chi connectivity index (χ2n) is 5.56. The Balaban J connectivity index is 2.17. The summed E-state index contributed by atoms with van der Waals surface area (Å²) in [6, 6.07) is 8.54. The molecule has 116 valence electrons. The van der Waals surface area contributed by atoms with Crippen LogP contribution in [-0.4, -0.2) is 25.2 Å². The van der Waals surface area contributed by atoms with E-state index in [2.05, 4.69) is 23.3 Å². The standard InChI is InChI=1S/C18H22N2O2/c1-4-13-10-14-15(21-2)7-8-16(22-3)17(14)18(20-13)12-6-5-9-19-11-12/h5-9,11,13,18,20H,4,10H2,1-3H3. The largest absolute Gasteiger partial charge is 0.496 e. The van der Waals surface area contributed by atoms with Crippen molar-refractivity contribution in [2.24, 2.45) is 0 Å². The molecule has 0 radical (unpaired) electrons. The number of methoxy groups -OCH3 is 2. The summed E-state index contributed by atoms with van der Waals surface area (Å²) in [4.78, 5) is 4.27. The van der Waals surface area contributed by atoms with Crippen molar-refractivity contribution in [3.05, 3.63) is 53.3 Å². The van der Waals surface area contributed by atoms with Gasteiger partial charge in [0, 0.05) is 29.6 Å². The first-order chi connectivity index (χ1) is 10.8. The van der Waals surface area contributed by atoms with E-state index >= 15 is 0 Å². The van der Waals surface area contributed by atoms with Crippen LogP contribution in [0.25, 0.3) is 0 Å². The van der Waals surface area contributed by atoms with Crippen LogP contribution >= 0.6 is 0 Å². The fourth-order valence-corrected chi connectivity index (χ4v) is 3.22. The predicted molar refractivity (Wildman–Crippen MR) is 86.5 cm³/mol. The van der Waals surface area contributed by atoms with Gasteiger partial charge in [-0.3, -0.25) is 4.98 Å². The molecule has 0 spiro atoms. The molecule has 0 amide bonds. The zero-order chi connectivity index (χ0) is 15.5. The van der Waals surface area contributed by atoms with Gasteiger partial charge in [0.1, 0.15) is 11.5 Å². The lowest BCUT2D eigenvalue weighted by Gasteiger charge is -2.35. The summed E-state index contributed by atoms with van der Waals surface area (Å²) >= 11 is 0. The molecule has 22 heavy (non-hydrogen) atoms. The number of ether oxygens (including phenoxy) is 2. The van der Waals surface area contributed by atoms with Gasteiger partial charge in [-0.25, -0.2) is 0 Å². The smallest absolute Gasteiger partial charge is 0.124 e. The third-order valence-electron chi connectivity index (χ3n) is 4.37. The molecule has 3 rings (SSSR count). The fraction of sp³-hybridized carbons (Fsp3) is 0.389. The van der Waals surface area contributed by atoms with Gasteiger partial charge in [-0.15, -0.1) is 0 Å². The van der Waals surface area contributed by atoms with Gasteiger partial charge in [0.25, 0.3) is 0 Å². The number of pyridine rings is 1. The SMILES string of the molecule is CCC1Cc2c(OC)ccc(OC)c2C(c2cccnc2)N1. The highest BCUT2D eigenvalue weighted by atomic mass is 16.5. The first-order valence-corrected chi connectivity index (χ1v) is 7.68. The number of benzene rings is 1. The van der Waals surface area contributed by atoms with Crippen molar-refractivity contribution >= 4 is 0 Å². The van der Waals surface area contributed by atoms with Crippen molar-refractivity contribution in [3.8, 4) is 11.5 Å². The molecule has 1 aromatic heterocycles. The van der Waals surface area contributed by atoms with Crippen molar-refractivity contribution in [2.75, 3.05) is 14.2 Å². The van der Waals surface area contributed by atoms with Crippen molar-refractivity contribution in [2.45, 2.75) is 31.8 Å².